The van der Waals surface area contributed by atoms with Crippen LogP contribution in [0.4, 0.5) is 11.5 Å². The molecule has 0 aliphatic carbocycles. The molecule has 1 aliphatic rings. The summed E-state index contributed by atoms with van der Waals surface area (Å²) < 4.78 is 1.05. The molecular formula is C25H24N6S. The van der Waals surface area contributed by atoms with Gasteiger partial charge in [0.25, 0.3) is 0 Å². The van der Waals surface area contributed by atoms with E-state index in [0.717, 1.165) is 46.7 Å². The number of rotatable bonds is 5. The number of hydrogen-bond acceptors (Lipinski definition) is 6. The van der Waals surface area contributed by atoms with Crippen LogP contribution in [0.5, 0.6) is 0 Å². The lowest BCUT2D eigenvalue weighted by Crippen LogP contribution is -2.23. The van der Waals surface area contributed by atoms with Crippen LogP contribution >= 0.6 is 11.3 Å². The third-order valence-electron chi connectivity index (χ3n) is 6.31. The van der Waals surface area contributed by atoms with Crippen molar-refractivity contribution in [1.29, 1.82) is 0 Å². The lowest BCUT2D eigenvalue weighted by molar-refractivity contribution is 0.470. The van der Waals surface area contributed by atoms with E-state index in [1.165, 1.54) is 21.4 Å². The van der Waals surface area contributed by atoms with Gasteiger partial charge in [-0.1, -0.05) is 24.3 Å². The topological polar surface area (TPSA) is 91.7 Å². The zero-order chi connectivity index (χ0) is 21.5. The predicted octanol–water partition coefficient (Wildman–Crippen LogP) is 5.19. The molecular weight excluding hydrogens is 416 g/mol. The van der Waals surface area contributed by atoms with Gasteiger partial charge in [-0.2, -0.15) is 0 Å². The maximum Gasteiger partial charge on any atom is 0.151 e. The summed E-state index contributed by atoms with van der Waals surface area (Å²) in [5.74, 6) is 1.34. The lowest BCUT2D eigenvalue weighted by Gasteiger charge is -2.18. The molecule has 0 saturated carbocycles. The summed E-state index contributed by atoms with van der Waals surface area (Å²) in [5, 5.41) is 8.04. The SMILES string of the molecule is NC(c1ccc(-c2cc3ncnc(Nc4ccc5[nH]ccc5c4)c3s2)cc1)C1CCNC1. The number of H-pyrrole nitrogens is 1. The zero-order valence-corrected chi connectivity index (χ0v) is 18.3. The van der Waals surface area contributed by atoms with Gasteiger partial charge >= 0.3 is 0 Å². The number of anilines is 2. The second-order valence-corrected chi connectivity index (χ2v) is 9.40. The molecule has 0 amide bonds. The van der Waals surface area contributed by atoms with E-state index in [1.54, 1.807) is 17.7 Å². The first-order valence-corrected chi connectivity index (χ1v) is 11.7. The highest BCUT2D eigenvalue weighted by molar-refractivity contribution is 7.22. The summed E-state index contributed by atoms with van der Waals surface area (Å²) in [7, 11) is 0. The number of aromatic amines is 1. The maximum atomic E-state index is 6.51. The summed E-state index contributed by atoms with van der Waals surface area (Å²) in [6.07, 6.45) is 4.71. The Morgan fingerprint density at radius 2 is 1.97 bits per heavy atom. The molecule has 2 atom stereocenters. The Hall–Kier alpha value is -3.26. The minimum atomic E-state index is 0.0838. The Morgan fingerprint density at radius 3 is 2.81 bits per heavy atom. The molecule has 3 aromatic heterocycles. The van der Waals surface area contributed by atoms with Gasteiger partial charge in [0.05, 0.1) is 10.2 Å². The molecule has 2 aromatic carbocycles. The van der Waals surface area contributed by atoms with E-state index in [4.69, 9.17) is 5.73 Å². The van der Waals surface area contributed by atoms with Crippen molar-refractivity contribution in [2.24, 2.45) is 11.7 Å². The fourth-order valence-corrected chi connectivity index (χ4v) is 5.54. The van der Waals surface area contributed by atoms with Crippen molar-refractivity contribution in [3.8, 4) is 10.4 Å². The third kappa shape index (κ3) is 3.54. The summed E-state index contributed by atoms with van der Waals surface area (Å²) in [6.45, 7) is 2.07. The Kier molecular flexibility index (Phi) is 4.87. The van der Waals surface area contributed by atoms with Crippen LogP contribution in [0.2, 0.25) is 0 Å². The van der Waals surface area contributed by atoms with E-state index in [0.29, 0.717) is 5.92 Å². The second-order valence-electron chi connectivity index (χ2n) is 8.35. The Bertz CT molecular complexity index is 1380. The summed E-state index contributed by atoms with van der Waals surface area (Å²) in [6, 6.07) is 19.2. The van der Waals surface area contributed by atoms with Crippen LogP contribution in [0.3, 0.4) is 0 Å². The van der Waals surface area contributed by atoms with Crippen LogP contribution in [0.1, 0.15) is 18.0 Å². The van der Waals surface area contributed by atoms with E-state index in [2.05, 4.69) is 80.2 Å². The highest BCUT2D eigenvalue weighted by Gasteiger charge is 2.23. The van der Waals surface area contributed by atoms with Gasteiger partial charge in [0.2, 0.25) is 0 Å². The van der Waals surface area contributed by atoms with Crippen molar-refractivity contribution in [3.63, 3.8) is 0 Å². The van der Waals surface area contributed by atoms with E-state index < -0.39 is 0 Å². The van der Waals surface area contributed by atoms with Crippen LogP contribution < -0.4 is 16.4 Å². The Morgan fingerprint density at radius 1 is 1.06 bits per heavy atom. The van der Waals surface area contributed by atoms with Crippen LogP contribution in [0.25, 0.3) is 31.6 Å². The standard InChI is InChI=1S/C25H24N6S/c26-23(18-7-9-27-13-18)16-3-1-15(2-4-16)22-12-21-24(32-22)25(30-14-29-21)31-19-5-6-20-17(11-19)8-10-28-20/h1-6,8,10-12,14,18,23,27-28H,7,9,13,26H2,(H,29,30,31). The molecule has 0 spiro atoms. The van der Waals surface area contributed by atoms with Gasteiger partial charge in [0.1, 0.15) is 6.33 Å². The van der Waals surface area contributed by atoms with E-state index in [-0.39, 0.29) is 6.04 Å². The van der Waals surface area contributed by atoms with Crippen molar-refractivity contribution in [3.05, 3.63) is 72.7 Å². The largest absolute Gasteiger partial charge is 0.361 e. The summed E-state index contributed by atoms with van der Waals surface area (Å²) in [5.41, 5.74) is 12.0. The maximum absolute atomic E-state index is 6.51. The molecule has 1 saturated heterocycles. The Balaban J connectivity index is 1.29. The quantitative estimate of drug-likeness (QED) is 0.302. The van der Waals surface area contributed by atoms with Crippen molar-refractivity contribution in [1.82, 2.24) is 20.3 Å². The first-order chi connectivity index (χ1) is 15.7. The number of thiophene rings is 1. The van der Waals surface area contributed by atoms with Gasteiger partial charge < -0.3 is 21.4 Å². The minimum Gasteiger partial charge on any atom is -0.361 e. The molecule has 32 heavy (non-hydrogen) atoms. The van der Waals surface area contributed by atoms with E-state index >= 15 is 0 Å². The molecule has 0 radical (unpaired) electrons. The molecule has 2 unspecified atom stereocenters. The first-order valence-electron chi connectivity index (χ1n) is 10.9. The number of nitrogens with two attached hydrogens (primary N) is 1. The average molecular weight is 441 g/mol. The molecule has 0 bridgehead atoms. The molecule has 5 N–H and O–H groups in total. The van der Waals surface area contributed by atoms with Gasteiger partial charge in [-0.25, -0.2) is 9.97 Å². The molecule has 160 valence electrons. The molecule has 6 nitrogen and oxygen atoms in total. The number of nitrogens with zero attached hydrogens (tertiary/aromatic N) is 2. The third-order valence-corrected chi connectivity index (χ3v) is 7.49. The van der Waals surface area contributed by atoms with Crippen molar-refractivity contribution in [2.45, 2.75) is 12.5 Å². The number of hydrogen-bond donors (Lipinski definition) is 4. The number of nitrogens with one attached hydrogen (secondary N) is 3. The van der Waals surface area contributed by atoms with Gasteiger partial charge in [-0.05, 0) is 66.9 Å². The molecule has 7 heteroatoms. The van der Waals surface area contributed by atoms with Gasteiger partial charge in [0.15, 0.2) is 5.82 Å². The van der Waals surface area contributed by atoms with Crippen molar-refractivity contribution >= 4 is 44.0 Å². The zero-order valence-electron chi connectivity index (χ0n) is 17.5. The van der Waals surface area contributed by atoms with Crippen LogP contribution in [-0.4, -0.2) is 28.0 Å². The second kappa shape index (κ2) is 8.02. The summed E-state index contributed by atoms with van der Waals surface area (Å²) in [4.78, 5) is 13.4. The van der Waals surface area contributed by atoms with Crippen molar-refractivity contribution in [2.75, 3.05) is 18.4 Å². The van der Waals surface area contributed by atoms with Crippen LogP contribution in [0.15, 0.2) is 67.1 Å². The minimum absolute atomic E-state index is 0.0838. The lowest BCUT2D eigenvalue weighted by atomic mass is 9.92. The number of fused-ring (bicyclic) bond motifs is 2. The number of aromatic nitrogens is 3. The normalized spacial score (nSPS) is 17.2. The van der Waals surface area contributed by atoms with Gasteiger partial charge in [-0.3, -0.25) is 0 Å². The molecule has 4 heterocycles. The van der Waals surface area contributed by atoms with Crippen LogP contribution in [0, 0.1) is 5.92 Å². The monoisotopic (exact) mass is 440 g/mol. The Labute approximate surface area is 189 Å². The highest BCUT2D eigenvalue weighted by atomic mass is 32.1. The highest BCUT2D eigenvalue weighted by Crippen LogP contribution is 2.37. The fraction of sp³-hybridized carbons (Fsp3) is 0.200. The molecule has 1 fully saturated rings. The smallest absolute Gasteiger partial charge is 0.151 e. The number of benzene rings is 2. The predicted molar refractivity (Wildman–Crippen MR) is 132 cm³/mol. The fourth-order valence-electron chi connectivity index (χ4n) is 4.48. The average Bonchev–Trinajstić information content (AvgIpc) is 3.59. The van der Waals surface area contributed by atoms with Crippen molar-refractivity contribution < 1.29 is 0 Å². The van der Waals surface area contributed by atoms with E-state index in [1.807, 2.05) is 6.20 Å². The van der Waals surface area contributed by atoms with Crippen LogP contribution in [-0.2, 0) is 0 Å². The molecule has 5 aromatic rings. The van der Waals surface area contributed by atoms with Gasteiger partial charge in [-0.15, -0.1) is 11.3 Å². The van der Waals surface area contributed by atoms with E-state index in [9.17, 15) is 0 Å². The molecule has 6 rings (SSSR count). The first kappa shape index (κ1) is 19.4. The summed E-state index contributed by atoms with van der Waals surface area (Å²) >= 11 is 1.71. The van der Waals surface area contributed by atoms with Gasteiger partial charge in [0, 0.05) is 33.7 Å². The molecule has 1 aliphatic heterocycles.